The maximum Gasteiger partial charge on any atom is 0.0540 e. The molecule has 1 aliphatic rings. The van der Waals surface area contributed by atoms with Crippen LogP contribution in [-0.4, -0.2) is 0 Å². The third kappa shape index (κ3) is 3.89. The zero-order chi connectivity index (χ0) is 29.0. The molecule has 8 aromatic rings. The summed E-state index contributed by atoms with van der Waals surface area (Å²) in [4.78, 5) is 2.35. The van der Waals surface area contributed by atoms with Crippen LogP contribution in [0.2, 0.25) is 0 Å². The Kier molecular flexibility index (Phi) is 5.54. The first-order valence-electron chi connectivity index (χ1n) is 15.1. The minimum Gasteiger partial charge on any atom is -0.354 e. The van der Waals surface area contributed by atoms with Crippen LogP contribution >= 0.6 is 0 Å². The molecule has 0 aromatic heterocycles. The Morgan fingerprint density at radius 3 is 2.00 bits per heavy atom. The predicted octanol–water partition coefficient (Wildman–Crippen LogP) is 12.0. The van der Waals surface area contributed by atoms with E-state index in [1.165, 1.54) is 65.9 Å². The molecule has 206 valence electrons. The molecule has 0 spiro atoms. The largest absolute Gasteiger partial charge is 0.354 e. The van der Waals surface area contributed by atoms with E-state index in [9.17, 15) is 0 Å². The Labute approximate surface area is 256 Å². The Morgan fingerprint density at radius 2 is 1.11 bits per heavy atom. The highest BCUT2D eigenvalue weighted by Crippen LogP contribution is 2.47. The highest BCUT2D eigenvalue weighted by molar-refractivity contribution is 6.17. The van der Waals surface area contributed by atoms with Crippen LogP contribution in [0.15, 0.2) is 164 Å². The van der Waals surface area contributed by atoms with Crippen LogP contribution in [-0.2, 0) is 0 Å². The van der Waals surface area contributed by atoms with Crippen molar-refractivity contribution in [2.75, 3.05) is 10.2 Å². The number of hydrogen-bond donors (Lipinski definition) is 1. The molecular formula is C42H28N2. The van der Waals surface area contributed by atoms with Gasteiger partial charge in [0.15, 0.2) is 0 Å². The molecule has 9 rings (SSSR count). The maximum atomic E-state index is 3.69. The van der Waals surface area contributed by atoms with Gasteiger partial charge in [0, 0.05) is 39.1 Å². The van der Waals surface area contributed by atoms with Crippen LogP contribution in [0.4, 0.5) is 28.4 Å². The Bertz CT molecular complexity index is 2340. The molecule has 2 heteroatoms. The summed E-state index contributed by atoms with van der Waals surface area (Å²) in [7, 11) is 0. The predicted molar refractivity (Wildman–Crippen MR) is 188 cm³/mol. The molecule has 1 heterocycles. The van der Waals surface area contributed by atoms with Gasteiger partial charge >= 0.3 is 0 Å². The molecule has 0 atom stereocenters. The van der Waals surface area contributed by atoms with E-state index in [1.807, 2.05) is 0 Å². The molecule has 44 heavy (non-hydrogen) atoms. The number of hydrogen-bond acceptors (Lipinski definition) is 2. The standard InChI is InChI=1S/C42H28N2/c1-2-13-33(14-3-1)44(40-18-8-10-29-9-4-5-15-35(29)40)34-23-19-28(20-24-34)31-21-25-36-32(27-31)22-26-39-42(36)37-16-6-11-30-12-7-17-38(43-39)41(30)37/h1-27,43H. The summed E-state index contributed by atoms with van der Waals surface area (Å²) < 4.78 is 0. The van der Waals surface area contributed by atoms with Gasteiger partial charge in [-0.3, -0.25) is 0 Å². The van der Waals surface area contributed by atoms with E-state index in [0.29, 0.717) is 0 Å². The summed E-state index contributed by atoms with van der Waals surface area (Å²) in [6.45, 7) is 0. The molecule has 2 nitrogen and oxygen atoms in total. The summed E-state index contributed by atoms with van der Waals surface area (Å²) in [5.74, 6) is 0. The van der Waals surface area contributed by atoms with E-state index in [1.54, 1.807) is 0 Å². The van der Waals surface area contributed by atoms with Gasteiger partial charge < -0.3 is 10.2 Å². The molecule has 0 radical (unpaired) electrons. The van der Waals surface area contributed by atoms with Crippen molar-refractivity contribution < 1.29 is 0 Å². The highest BCUT2D eigenvalue weighted by atomic mass is 15.1. The second-order valence-electron chi connectivity index (χ2n) is 11.5. The van der Waals surface area contributed by atoms with Crippen molar-refractivity contribution in [2.45, 2.75) is 0 Å². The fourth-order valence-corrected chi connectivity index (χ4v) is 6.91. The fraction of sp³-hybridized carbons (Fsp3) is 0. The quantitative estimate of drug-likeness (QED) is 0.230. The third-order valence-electron chi connectivity index (χ3n) is 8.94. The molecule has 0 amide bonds. The lowest BCUT2D eigenvalue weighted by Crippen LogP contribution is -2.10. The Morgan fingerprint density at radius 1 is 0.409 bits per heavy atom. The van der Waals surface area contributed by atoms with Crippen molar-refractivity contribution in [1.29, 1.82) is 0 Å². The van der Waals surface area contributed by atoms with Gasteiger partial charge in [-0.05, 0) is 86.8 Å². The maximum absolute atomic E-state index is 3.69. The topological polar surface area (TPSA) is 15.3 Å². The van der Waals surface area contributed by atoms with Gasteiger partial charge in [-0.25, -0.2) is 0 Å². The molecule has 1 aliphatic heterocycles. The summed E-state index contributed by atoms with van der Waals surface area (Å²) in [5, 5.41) is 11.2. The number of nitrogens with one attached hydrogen (secondary N) is 1. The van der Waals surface area contributed by atoms with Gasteiger partial charge in [0.05, 0.1) is 5.69 Å². The monoisotopic (exact) mass is 560 g/mol. The van der Waals surface area contributed by atoms with E-state index in [-0.39, 0.29) is 0 Å². The molecule has 8 aromatic carbocycles. The van der Waals surface area contributed by atoms with Gasteiger partial charge in [0.1, 0.15) is 0 Å². The van der Waals surface area contributed by atoms with Crippen LogP contribution in [0.3, 0.4) is 0 Å². The lowest BCUT2D eigenvalue weighted by atomic mass is 9.88. The van der Waals surface area contributed by atoms with Crippen LogP contribution < -0.4 is 10.2 Å². The average Bonchev–Trinajstić information content (AvgIpc) is 3.09. The Balaban J connectivity index is 1.13. The van der Waals surface area contributed by atoms with E-state index in [2.05, 4.69) is 174 Å². The van der Waals surface area contributed by atoms with Gasteiger partial charge in [0.2, 0.25) is 0 Å². The Hall–Kier alpha value is -5.86. The van der Waals surface area contributed by atoms with Crippen molar-refractivity contribution in [1.82, 2.24) is 0 Å². The fourth-order valence-electron chi connectivity index (χ4n) is 6.91. The number of para-hydroxylation sites is 1. The smallest absolute Gasteiger partial charge is 0.0540 e. The minimum absolute atomic E-state index is 1.13. The molecule has 0 unspecified atom stereocenters. The first kappa shape index (κ1) is 24.7. The number of anilines is 5. The van der Waals surface area contributed by atoms with Gasteiger partial charge in [-0.1, -0.05) is 115 Å². The molecule has 0 saturated carbocycles. The molecular weight excluding hydrogens is 532 g/mol. The van der Waals surface area contributed by atoms with Crippen molar-refractivity contribution in [3.05, 3.63) is 164 Å². The second kappa shape index (κ2) is 9.86. The summed E-state index contributed by atoms with van der Waals surface area (Å²) >= 11 is 0. The van der Waals surface area contributed by atoms with Crippen LogP contribution in [0.1, 0.15) is 0 Å². The normalized spacial score (nSPS) is 11.8. The molecule has 0 bridgehead atoms. The summed E-state index contributed by atoms with van der Waals surface area (Å²) in [6.07, 6.45) is 0. The zero-order valence-corrected chi connectivity index (χ0v) is 24.0. The lowest BCUT2D eigenvalue weighted by molar-refractivity contribution is 1.30. The van der Waals surface area contributed by atoms with Crippen molar-refractivity contribution in [3.63, 3.8) is 0 Å². The molecule has 0 aliphatic carbocycles. The molecule has 1 N–H and O–H groups in total. The third-order valence-corrected chi connectivity index (χ3v) is 8.94. The molecule has 0 saturated heterocycles. The van der Waals surface area contributed by atoms with Crippen LogP contribution in [0, 0.1) is 0 Å². The number of nitrogens with zero attached hydrogens (tertiary/aromatic N) is 1. The van der Waals surface area contributed by atoms with Crippen LogP contribution in [0.25, 0.3) is 54.6 Å². The molecule has 0 fully saturated rings. The number of fused-ring (bicyclic) bond motifs is 5. The summed E-state index contributed by atoms with van der Waals surface area (Å²) in [5.41, 5.74) is 10.8. The van der Waals surface area contributed by atoms with Crippen molar-refractivity contribution >= 4 is 60.8 Å². The first-order chi connectivity index (χ1) is 21.8. The van der Waals surface area contributed by atoms with E-state index >= 15 is 0 Å². The van der Waals surface area contributed by atoms with Gasteiger partial charge in [-0.15, -0.1) is 0 Å². The average molecular weight is 561 g/mol. The van der Waals surface area contributed by atoms with E-state index in [0.717, 1.165) is 17.1 Å². The number of rotatable bonds is 4. The SMILES string of the molecule is c1ccc(N(c2ccc(-c3ccc4c5c(ccc4c3)Nc3cccc4cccc-5c34)cc2)c2cccc3ccccc23)cc1. The summed E-state index contributed by atoms with van der Waals surface area (Å²) in [6, 6.07) is 59.2. The first-order valence-corrected chi connectivity index (χ1v) is 15.1. The lowest BCUT2D eigenvalue weighted by Gasteiger charge is -2.27. The highest BCUT2D eigenvalue weighted by Gasteiger charge is 2.20. The number of benzene rings is 8. The van der Waals surface area contributed by atoms with Crippen molar-refractivity contribution in [3.8, 4) is 22.3 Å². The van der Waals surface area contributed by atoms with Gasteiger partial charge in [-0.2, -0.15) is 0 Å². The van der Waals surface area contributed by atoms with E-state index < -0.39 is 0 Å². The van der Waals surface area contributed by atoms with Crippen molar-refractivity contribution in [2.24, 2.45) is 0 Å². The van der Waals surface area contributed by atoms with Gasteiger partial charge in [0.25, 0.3) is 0 Å². The zero-order valence-electron chi connectivity index (χ0n) is 24.0. The minimum atomic E-state index is 1.13. The van der Waals surface area contributed by atoms with E-state index in [4.69, 9.17) is 0 Å². The van der Waals surface area contributed by atoms with Crippen LogP contribution in [0.5, 0.6) is 0 Å². The second-order valence-corrected chi connectivity index (χ2v) is 11.5.